The van der Waals surface area contributed by atoms with Gasteiger partial charge in [-0.3, -0.25) is 0 Å². The van der Waals surface area contributed by atoms with Crippen LogP contribution in [-0.4, -0.2) is 53.6 Å². The molecule has 12 heteroatoms. The fourth-order valence-corrected chi connectivity index (χ4v) is 3.92. The van der Waals surface area contributed by atoms with Crippen LogP contribution in [0.25, 0.3) is 11.1 Å². The molecule has 0 aliphatic carbocycles. The van der Waals surface area contributed by atoms with E-state index >= 15 is 0 Å². The number of ether oxygens (including phenoxy) is 2. The van der Waals surface area contributed by atoms with Crippen LogP contribution >= 0.6 is 27.5 Å². The Hall–Kier alpha value is -1.88. The van der Waals surface area contributed by atoms with Crippen LogP contribution in [-0.2, 0) is 4.74 Å². The van der Waals surface area contributed by atoms with Gasteiger partial charge in [0, 0.05) is 25.7 Å². The number of benzene rings is 1. The van der Waals surface area contributed by atoms with Gasteiger partial charge in [-0.05, 0) is 49.7 Å². The van der Waals surface area contributed by atoms with Crippen LogP contribution in [0.1, 0.15) is 27.7 Å². The number of alkyl halides is 3. The van der Waals surface area contributed by atoms with Crippen molar-refractivity contribution in [2.24, 2.45) is 0 Å². The third-order valence-electron chi connectivity index (χ3n) is 4.26. The molecule has 1 amide bonds. The second kappa shape index (κ2) is 7.99. The van der Waals surface area contributed by atoms with Gasteiger partial charge in [0.1, 0.15) is 5.60 Å². The number of oxazole rings is 1. The SMILES string of the molecule is C[C@@H]1CN(C(=O)OC(C)(C)C)CCN1c1nc2c(OC(F)(F)F)c(Cl)cc(Br)c2o1. The van der Waals surface area contributed by atoms with E-state index in [0.29, 0.717) is 24.1 Å². The molecule has 30 heavy (non-hydrogen) atoms. The zero-order chi connectivity index (χ0) is 22.4. The molecular weight excluding hydrogens is 495 g/mol. The largest absolute Gasteiger partial charge is 0.573 e. The van der Waals surface area contributed by atoms with Crippen molar-refractivity contribution in [3.63, 3.8) is 0 Å². The van der Waals surface area contributed by atoms with E-state index in [-0.39, 0.29) is 28.2 Å². The van der Waals surface area contributed by atoms with Crippen LogP contribution in [0.3, 0.4) is 0 Å². The number of halogens is 5. The molecule has 2 aromatic rings. The molecule has 0 bridgehead atoms. The van der Waals surface area contributed by atoms with Crippen molar-refractivity contribution in [3.8, 4) is 5.75 Å². The number of piperazine rings is 1. The van der Waals surface area contributed by atoms with E-state index < -0.39 is 23.8 Å². The van der Waals surface area contributed by atoms with E-state index in [1.807, 2.05) is 6.92 Å². The monoisotopic (exact) mass is 513 g/mol. The zero-order valence-corrected chi connectivity index (χ0v) is 19.0. The lowest BCUT2D eigenvalue weighted by atomic mass is 10.2. The lowest BCUT2D eigenvalue weighted by Crippen LogP contribution is -2.54. The van der Waals surface area contributed by atoms with Crippen molar-refractivity contribution >= 4 is 50.7 Å². The topological polar surface area (TPSA) is 68.0 Å². The highest BCUT2D eigenvalue weighted by Gasteiger charge is 2.36. The number of nitrogens with zero attached hydrogens (tertiary/aromatic N) is 3. The van der Waals surface area contributed by atoms with Crippen LogP contribution in [0.15, 0.2) is 15.0 Å². The van der Waals surface area contributed by atoms with Gasteiger partial charge in [-0.25, -0.2) is 4.79 Å². The van der Waals surface area contributed by atoms with Gasteiger partial charge in [0.15, 0.2) is 16.8 Å². The quantitative estimate of drug-likeness (QED) is 0.521. The first kappa shape index (κ1) is 22.8. The van der Waals surface area contributed by atoms with Crippen LogP contribution in [0.4, 0.5) is 24.0 Å². The highest BCUT2D eigenvalue weighted by molar-refractivity contribution is 9.10. The van der Waals surface area contributed by atoms with Gasteiger partial charge < -0.3 is 23.7 Å². The number of carbonyl (C=O) groups is 1. The van der Waals surface area contributed by atoms with E-state index in [9.17, 15) is 18.0 Å². The number of hydrogen-bond donors (Lipinski definition) is 0. The molecule has 0 radical (unpaired) electrons. The number of carbonyl (C=O) groups excluding carboxylic acids is 1. The Kier molecular flexibility index (Phi) is 6.07. The molecule has 1 atom stereocenters. The van der Waals surface area contributed by atoms with Crippen molar-refractivity contribution < 1.29 is 31.9 Å². The predicted octanol–water partition coefficient (Wildman–Crippen LogP) is 5.59. The van der Waals surface area contributed by atoms with Gasteiger partial charge >= 0.3 is 12.5 Å². The van der Waals surface area contributed by atoms with Crippen molar-refractivity contribution in [2.75, 3.05) is 24.5 Å². The molecule has 1 fully saturated rings. The number of aromatic nitrogens is 1. The molecule has 0 unspecified atom stereocenters. The molecule has 1 aromatic carbocycles. The minimum Gasteiger partial charge on any atom is -0.444 e. The molecule has 166 valence electrons. The molecule has 3 rings (SSSR count). The summed E-state index contributed by atoms with van der Waals surface area (Å²) in [7, 11) is 0. The average Bonchev–Trinajstić information content (AvgIpc) is 3.01. The lowest BCUT2D eigenvalue weighted by molar-refractivity contribution is -0.274. The molecule has 2 heterocycles. The van der Waals surface area contributed by atoms with Gasteiger partial charge in [0.2, 0.25) is 0 Å². The minimum absolute atomic E-state index is 0.0791. The Labute approximate surface area is 184 Å². The second-order valence-electron chi connectivity index (χ2n) is 7.86. The van der Waals surface area contributed by atoms with Crippen molar-refractivity contribution in [1.29, 1.82) is 0 Å². The minimum atomic E-state index is -4.93. The maximum Gasteiger partial charge on any atom is 0.573 e. The van der Waals surface area contributed by atoms with Crippen molar-refractivity contribution in [3.05, 3.63) is 15.6 Å². The van der Waals surface area contributed by atoms with E-state index in [0.717, 1.165) is 0 Å². The smallest absolute Gasteiger partial charge is 0.444 e. The molecule has 7 nitrogen and oxygen atoms in total. The Bertz CT molecular complexity index is 961. The highest BCUT2D eigenvalue weighted by Crippen LogP contribution is 2.42. The summed E-state index contributed by atoms with van der Waals surface area (Å²) >= 11 is 9.16. The maximum atomic E-state index is 12.8. The number of amides is 1. The molecule has 1 aliphatic heterocycles. The van der Waals surface area contributed by atoms with Gasteiger partial charge in [-0.2, -0.15) is 4.98 Å². The molecule has 0 saturated carbocycles. The molecule has 0 N–H and O–H groups in total. The maximum absolute atomic E-state index is 12.8. The fourth-order valence-electron chi connectivity index (χ4n) is 3.05. The molecule has 0 spiro atoms. The number of anilines is 1. The average molecular weight is 515 g/mol. The van der Waals surface area contributed by atoms with E-state index in [1.165, 1.54) is 6.07 Å². The van der Waals surface area contributed by atoms with Crippen LogP contribution < -0.4 is 9.64 Å². The van der Waals surface area contributed by atoms with Gasteiger partial charge in [-0.1, -0.05) is 11.6 Å². The van der Waals surface area contributed by atoms with Crippen molar-refractivity contribution in [2.45, 2.75) is 45.7 Å². The third kappa shape index (κ3) is 5.05. The van der Waals surface area contributed by atoms with Gasteiger partial charge in [0.05, 0.1) is 9.50 Å². The normalized spacial score (nSPS) is 18.1. The molecule has 1 saturated heterocycles. The first-order valence-corrected chi connectivity index (χ1v) is 10.2. The summed E-state index contributed by atoms with van der Waals surface area (Å²) in [6, 6.07) is 1.14. The third-order valence-corrected chi connectivity index (χ3v) is 5.13. The first-order valence-electron chi connectivity index (χ1n) is 9.04. The highest BCUT2D eigenvalue weighted by atomic mass is 79.9. The molecule has 1 aliphatic rings. The summed E-state index contributed by atoms with van der Waals surface area (Å²) < 4.78 is 53.9. The Morgan fingerprint density at radius 2 is 2.00 bits per heavy atom. The number of fused-ring (bicyclic) bond motifs is 1. The lowest BCUT2D eigenvalue weighted by Gasteiger charge is -2.39. The predicted molar refractivity (Wildman–Crippen MR) is 108 cm³/mol. The van der Waals surface area contributed by atoms with E-state index in [4.69, 9.17) is 20.8 Å². The fraction of sp³-hybridized carbons (Fsp3) is 0.556. The van der Waals surface area contributed by atoms with Crippen LogP contribution in [0.2, 0.25) is 5.02 Å². The second-order valence-corrected chi connectivity index (χ2v) is 9.12. The number of hydrogen-bond acceptors (Lipinski definition) is 6. The molecular formula is C18H20BrClF3N3O4. The standard InChI is InChI=1S/C18H20BrClF3N3O4/c1-9-8-25(16(27)30-17(2,3)4)5-6-26(9)15-24-12-13(28-15)10(19)7-11(20)14(12)29-18(21,22)23/h7,9H,5-6,8H2,1-4H3/t9-/m1/s1. The van der Waals surface area contributed by atoms with Gasteiger partial charge in [-0.15, -0.1) is 13.2 Å². The zero-order valence-electron chi connectivity index (χ0n) is 16.6. The Morgan fingerprint density at radius 3 is 2.57 bits per heavy atom. The summed E-state index contributed by atoms with van der Waals surface area (Å²) in [4.78, 5) is 19.8. The molecule has 1 aromatic heterocycles. The van der Waals surface area contributed by atoms with Crippen molar-refractivity contribution in [1.82, 2.24) is 9.88 Å². The number of rotatable bonds is 2. The van der Waals surface area contributed by atoms with Gasteiger partial charge in [0.25, 0.3) is 6.01 Å². The summed E-state index contributed by atoms with van der Waals surface area (Å²) in [6.07, 6.45) is -5.36. The summed E-state index contributed by atoms with van der Waals surface area (Å²) in [6.45, 7) is 8.23. The van der Waals surface area contributed by atoms with E-state index in [2.05, 4.69) is 25.7 Å². The Morgan fingerprint density at radius 1 is 1.33 bits per heavy atom. The van der Waals surface area contributed by atoms with Crippen LogP contribution in [0.5, 0.6) is 5.75 Å². The summed E-state index contributed by atoms with van der Waals surface area (Å²) in [5.41, 5.74) is -0.683. The van der Waals surface area contributed by atoms with E-state index in [1.54, 1.807) is 30.6 Å². The summed E-state index contributed by atoms with van der Waals surface area (Å²) in [5.74, 6) is -0.627. The summed E-state index contributed by atoms with van der Waals surface area (Å²) in [5, 5.41) is -0.255. The first-order chi connectivity index (χ1) is 13.7. The van der Waals surface area contributed by atoms with Crippen LogP contribution in [0, 0.1) is 0 Å². The Balaban J connectivity index is 1.87.